The lowest BCUT2D eigenvalue weighted by Gasteiger charge is -2.36. The summed E-state index contributed by atoms with van der Waals surface area (Å²) >= 11 is 0. The fourth-order valence-electron chi connectivity index (χ4n) is 5.72. The van der Waals surface area contributed by atoms with Crippen molar-refractivity contribution in [2.45, 2.75) is 73.3 Å². The Balaban J connectivity index is 1.90. The van der Waals surface area contributed by atoms with Crippen molar-refractivity contribution in [2.24, 2.45) is 23.2 Å². The first-order valence-electron chi connectivity index (χ1n) is 13.6. The standard InChI is InChI=1S/C33H43NO3/c1-8-13-23(3)30(36)31-33(6,7)18-19-34(31)32(37)25(5)27(20-26-15-10-9-11-16-26)21-29(35)28-17-12-14-22(2)24(28)4/h8-12,14-17,23,25,27,31H,1,13,18-21H2,2-7H3. The molecule has 2 aromatic carbocycles. The first-order valence-corrected chi connectivity index (χ1v) is 13.6. The summed E-state index contributed by atoms with van der Waals surface area (Å²) < 4.78 is 0. The number of rotatable bonds is 11. The minimum Gasteiger partial charge on any atom is -0.332 e. The molecule has 4 unspecified atom stereocenters. The molecule has 4 heteroatoms. The van der Waals surface area contributed by atoms with Gasteiger partial charge in [-0.05, 0) is 61.1 Å². The number of likely N-dealkylation sites (tertiary alicyclic amines) is 1. The largest absolute Gasteiger partial charge is 0.332 e. The van der Waals surface area contributed by atoms with Crippen LogP contribution < -0.4 is 0 Å². The van der Waals surface area contributed by atoms with Crippen molar-refractivity contribution in [2.75, 3.05) is 6.54 Å². The van der Waals surface area contributed by atoms with E-state index < -0.39 is 12.0 Å². The molecule has 1 amide bonds. The summed E-state index contributed by atoms with van der Waals surface area (Å²) in [6.07, 6.45) is 4.08. The van der Waals surface area contributed by atoms with E-state index >= 15 is 0 Å². The lowest BCUT2D eigenvalue weighted by Crippen LogP contribution is -2.50. The van der Waals surface area contributed by atoms with Crippen molar-refractivity contribution >= 4 is 17.5 Å². The predicted molar refractivity (Wildman–Crippen MR) is 151 cm³/mol. The maximum atomic E-state index is 14.0. The second-order valence-electron chi connectivity index (χ2n) is 11.6. The van der Waals surface area contributed by atoms with E-state index in [1.807, 2.05) is 69.0 Å². The van der Waals surface area contributed by atoms with Gasteiger partial charge in [-0.15, -0.1) is 6.58 Å². The highest BCUT2D eigenvalue weighted by Crippen LogP contribution is 2.40. The maximum Gasteiger partial charge on any atom is 0.226 e. The second-order valence-corrected chi connectivity index (χ2v) is 11.6. The van der Waals surface area contributed by atoms with Crippen molar-refractivity contribution in [3.8, 4) is 0 Å². The fraction of sp³-hybridized carbons (Fsp3) is 0.485. The molecular formula is C33H43NO3. The van der Waals surface area contributed by atoms with Gasteiger partial charge in [0.1, 0.15) is 0 Å². The van der Waals surface area contributed by atoms with E-state index in [1.54, 1.807) is 6.08 Å². The molecule has 0 aromatic heterocycles. The Morgan fingerprint density at radius 1 is 1.05 bits per heavy atom. The van der Waals surface area contributed by atoms with Gasteiger partial charge < -0.3 is 4.90 Å². The number of ketones is 2. The molecule has 0 radical (unpaired) electrons. The Morgan fingerprint density at radius 2 is 1.73 bits per heavy atom. The van der Waals surface area contributed by atoms with E-state index in [-0.39, 0.29) is 41.1 Å². The van der Waals surface area contributed by atoms with Gasteiger partial charge in [-0.2, -0.15) is 0 Å². The number of hydrogen-bond donors (Lipinski definition) is 0. The molecular weight excluding hydrogens is 458 g/mol. The molecule has 1 aliphatic heterocycles. The second kappa shape index (κ2) is 12.0. The van der Waals surface area contributed by atoms with E-state index in [0.29, 0.717) is 19.4 Å². The van der Waals surface area contributed by atoms with Crippen LogP contribution in [0.25, 0.3) is 0 Å². The number of allylic oxidation sites excluding steroid dienone is 1. The Hall–Kier alpha value is -3.01. The Kier molecular flexibility index (Phi) is 9.28. The van der Waals surface area contributed by atoms with Gasteiger partial charge >= 0.3 is 0 Å². The number of carbonyl (C=O) groups excluding carboxylic acids is 3. The Labute approximate surface area is 223 Å². The summed E-state index contributed by atoms with van der Waals surface area (Å²) in [6, 6.07) is 15.4. The van der Waals surface area contributed by atoms with Crippen LogP contribution in [0.2, 0.25) is 0 Å². The molecule has 0 spiro atoms. The SMILES string of the molecule is C=CCC(C)C(=O)C1N(C(=O)C(C)C(CC(=O)c2cccc(C)c2C)Cc2ccccc2)CCC1(C)C. The number of Topliss-reactive ketones (excluding diaryl/α,β-unsaturated/α-hetero) is 2. The number of hydrogen-bond acceptors (Lipinski definition) is 3. The first kappa shape index (κ1) is 28.6. The molecule has 1 fully saturated rings. The fourth-order valence-corrected chi connectivity index (χ4v) is 5.72. The number of nitrogens with zero attached hydrogens (tertiary/aromatic N) is 1. The summed E-state index contributed by atoms with van der Waals surface area (Å²) in [4.78, 5) is 42.9. The zero-order valence-electron chi connectivity index (χ0n) is 23.4. The molecule has 198 valence electrons. The Bertz CT molecular complexity index is 1130. The quantitative estimate of drug-likeness (QED) is 0.252. The number of aryl methyl sites for hydroxylation is 1. The molecule has 0 saturated carbocycles. The average Bonchev–Trinajstić information content (AvgIpc) is 3.19. The zero-order valence-corrected chi connectivity index (χ0v) is 23.4. The predicted octanol–water partition coefficient (Wildman–Crippen LogP) is 6.78. The summed E-state index contributed by atoms with van der Waals surface area (Å²) in [5, 5.41) is 0. The molecule has 3 rings (SSSR count). The third kappa shape index (κ3) is 6.47. The topological polar surface area (TPSA) is 54.5 Å². The van der Waals surface area contributed by atoms with Crippen LogP contribution in [0.4, 0.5) is 0 Å². The highest BCUT2D eigenvalue weighted by atomic mass is 16.2. The van der Waals surface area contributed by atoms with Crippen molar-refractivity contribution in [1.82, 2.24) is 4.90 Å². The van der Waals surface area contributed by atoms with Crippen molar-refractivity contribution < 1.29 is 14.4 Å². The van der Waals surface area contributed by atoms with E-state index in [2.05, 4.69) is 32.6 Å². The normalized spacial score (nSPS) is 19.2. The number of benzene rings is 2. The summed E-state index contributed by atoms with van der Waals surface area (Å²) in [6.45, 7) is 16.4. The van der Waals surface area contributed by atoms with Gasteiger partial charge in [0, 0.05) is 30.4 Å². The molecule has 1 saturated heterocycles. The van der Waals surface area contributed by atoms with Crippen LogP contribution >= 0.6 is 0 Å². The lowest BCUT2D eigenvalue weighted by molar-refractivity contribution is -0.144. The summed E-state index contributed by atoms with van der Waals surface area (Å²) in [7, 11) is 0. The van der Waals surface area contributed by atoms with Crippen LogP contribution in [-0.2, 0) is 16.0 Å². The molecule has 0 bridgehead atoms. The van der Waals surface area contributed by atoms with Crippen LogP contribution in [0.15, 0.2) is 61.2 Å². The van der Waals surface area contributed by atoms with Gasteiger partial charge in [0.05, 0.1) is 6.04 Å². The molecule has 37 heavy (non-hydrogen) atoms. The third-order valence-corrected chi connectivity index (χ3v) is 8.40. The van der Waals surface area contributed by atoms with E-state index in [1.165, 1.54) is 0 Å². The molecule has 4 nitrogen and oxygen atoms in total. The minimum absolute atomic E-state index is 0.0237. The molecule has 4 atom stereocenters. The number of amides is 1. The van der Waals surface area contributed by atoms with Crippen molar-refractivity contribution in [1.29, 1.82) is 0 Å². The smallest absolute Gasteiger partial charge is 0.226 e. The van der Waals surface area contributed by atoms with Gasteiger partial charge in [0.25, 0.3) is 0 Å². The van der Waals surface area contributed by atoms with Gasteiger partial charge in [-0.25, -0.2) is 0 Å². The number of carbonyl (C=O) groups is 3. The Morgan fingerprint density at radius 3 is 2.38 bits per heavy atom. The van der Waals surface area contributed by atoms with E-state index in [4.69, 9.17) is 0 Å². The van der Waals surface area contributed by atoms with E-state index in [9.17, 15) is 14.4 Å². The monoisotopic (exact) mass is 501 g/mol. The van der Waals surface area contributed by atoms with Crippen LogP contribution in [0.3, 0.4) is 0 Å². The first-order chi connectivity index (χ1) is 17.5. The van der Waals surface area contributed by atoms with Crippen molar-refractivity contribution in [3.63, 3.8) is 0 Å². The van der Waals surface area contributed by atoms with E-state index in [0.717, 1.165) is 28.7 Å². The molecule has 2 aromatic rings. The van der Waals surface area contributed by atoms with Gasteiger partial charge in [-0.3, -0.25) is 14.4 Å². The summed E-state index contributed by atoms with van der Waals surface area (Å²) in [5.41, 5.74) is 3.63. The zero-order chi connectivity index (χ0) is 27.3. The lowest BCUT2D eigenvalue weighted by atomic mass is 9.78. The summed E-state index contributed by atoms with van der Waals surface area (Å²) in [5.74, 6) is -0.605. The molecule has 1 heterocycles. The van der Waals surface area contributed by atoms with Gasteiger partial charge in [-0.1, -0.05) is 82.3 Å². The van der Waals surface area contributed by atoms with Crippen LogP contribution in [0.1, 0.15) is 74.0 Å². The molecule has 1 aliphatic rings. The highest BCUT2D eigenvalue weighted by molar-refractivity contribution is 5.98. The van der Waals surface area contributed by atoms with Crippen LogP contribution in [0, 0.1) is 37.0 Å². The molecule has 0 aliphatic carbocycles. The van der Waals surface area contributed by atoms with Crippen LogP contribution in [0.5, 0.6) is 0 Å². The average molecular weight is 502 g/mol. The molecule has 0 N–H and O–H groups in total. The van der Waals surface area contributed by atoms with Crippen molar-refractivity contribution in [3.05, 3.63) is 83.4 Å². The maximum absolute atomic E-state index is 14.0. The highest BCUT2D eigenvalue weighted by Gasteiger charge is 2.49. The minimum atomic E-state index is -0.454. The van der Waals surface area contributed by atoms with Gasteiger partial charge in [0.15, 0.2) is 11.6 Å². The third-order valence-electron chi connectivity index (χ3n) is 8.40. The van der Waals surface area contributed by atoms with Crippen LogP contribution in [-0.4, -0.2) is 35.0 Å². The van der Waals surface area contributed by atoms with Gasteiger partial charge in [0.2, 0.25) is 5.91 Å².